The van der Waals surface area contributed by atoms with Crippen molar-refractivity contribution >= 4 is 16.7 Å². The lowest BCUT2D eigenvalue weighted by Crippen LogP contribution is -2.37. The lowest BCUT2D eigenvalue weighted by Gasteiger charge is -2.14. The number of carbonyl (C=O) groups is 1. The van der Waals surface area contributed by atoms with E-state index in [1.165, 1.54) is 0 Å². The van der Waals surface area contributed by atoms with Crippen LogP contribution in [0.2, 0.25) is 0 Å². The molecule has 0 aliphatic heterocycles. The molecule has 0 saturated carbocycles. The molecule has 1 atom stereocenters. The lowest BCUT2D eigenvalue weighted by molar-refractivity contribution is -0.238. The second-order valence-corrected chi connectivity index (χ2v) is 4.98. The van der Waals surface area contributed by atoms with Gasteiger partial charge in [0, 0.05) is 10.8 Å². The zero-order valence-corrected chi connectivity index (χ0v) is 11.7. The van der Waals surface area contributed by atoms with E-state index in [0.717, 1.165) is 17.4 Å². The van der Waals surface area contributed by atoms with Gasteiger partial charge >= 0.3 is 5.97 Å². The summed E-state index contributed by atoms with van der Waals surface area (Å²) < 4.78 is 0.888. The quantitative estimate of drug-likeness (QED) is 0.499. The third-order valence-electron chi connectivity index (χ3n) is 3.57. The highest BCUT2D eigenvalue weighted by Gasteiger charge is 2.26. The Labute approximate surface area is 120 Å². The Morgan fingerprint density at radius 2 is 1.67 bits per heavy atom. The average molecular weight is 291 g/mol. The van der Waals surface area contributed by atoms with E-state index in [1.54, 1.807) is 24.3 Å². The Balaban J connectivity index is 2.57. The van der Waals surface area contributed by atoms with Gasteiger partial charge in [-0.05, 0) is 30.7 Å². The fourth-order valence-electron chi connectivity index (χ4n) is 2.41. The summed E-state index contributed by atoms with van der Waals surface area (Å²) >= 11 is 0. The number of hydrogen-bond donors (Lipinski definition) is 1. The van der Waals surface area contributed by atoms with Crippen molar-refractivity contribution in [1.82, 2.24) is 4.57 Å². The number of benzene rings is 1. The van der Waals surface area contributed by atoms with E-state index in [4.69, 9.17) is 5.26 Å². The molecule has 2 heterocycles. The highest BCUT2D eigenvalue weighted by molar-refractivity contribution is 5.74. The molecule has 0 aliphatic carbocycles. The second kappa shape index (κ2) is 6.49. The Morgan fingerprint density at radius 3 is 2.10 bits per heavy atom. The molecule has 1 N–H and O–H groups in total. The number of fused-ring (bicyclic) bond motifs is 4. The summed E-state index contributed by atoms with van der Waals surface area (Å²) in [4.78, 5) is 40.3. The molecule has 0 radical (unpaired) electrons. The predicted molar refractivity (Wildman–Crippen MR) is 77.6 cm³/mol. The molecule has 3 rings (SSSR count). The van der Waals surface area contributed by atoms with E-state index in [1.807, 2.05) is 6.92 Å². The minimum Gasteiger partial charge on any atom is -0.299 e. The van der Waals surface area contributed by atoms with Crippen LogP contribution in [0.5, 0.6) is 0 Å². The van der Waals surface area contributed by atoms with Crippen LogP contribution < -0.4 is 11.1 Å². The fraction of sp³-hybridized carbons (Fsp3) is 0.400. The van der Waals surface area contributed by atoms with E-state index in [-0.39, 0.29) is 6.42 Å². The van der Waals surface area contributed by atoms with E-state index in [0.29, 0.717) is 17.2 Å². The van der Waals surface area contributed by atoms with Gasteiger partial charge in [0.05, 0.1) is 0 Å². The number of rotatable bonds is 6. The van der Waals surface area contributed by atoms with Crippen LogP contribution in [0.25, 0.3) is 10.8 Å². The van der Waals surface area contributed by atoms with Gasteiger partial charge in [-0.1, -0.05) is 26.2 Å². The third kappa shape index (κ3) is 2.95. The van der Waals surface area contributed by atoms with E-state index in [2.05, 4.69) is 4.89 Å². The minimum atomic E-state index is -1.11. The molecule has 1 unspecified atom stereocenters. The number of hydrogen-bond acceptors (Lipinski definition) is 5. The summed E-state index contributed by atoms with van der Waals surface area (Å²) in [6.07, 6.45) is 2.71. The maximum atomic E-state index is 12.4. The summed E-state index contributed by atoms with van der Waals surface area (Å²) in [5.41, 5.74) is -1.10. The first kappa shape index (κ1) is 15.2. The monoisotopic (exact) mass is 291 g/mol. The van der Waals surface area contributed by atoms with Gasteiger partial charge in [0.2, 0.25) is 0 Å². The third-order valence-corrected chi connectivity index (χ3v) is 3.57. The topological polar surface area (TPSA) is 85.6 Å². The molecule has 21 heavy (non-hydrogen) atoms. The summed E-state index contributed by atoms with van der Waals surface area (Å²) in [6.45, 7) is 2.00. The lowest BCUT2D eigenvalue weighted by atomic mass is 10.1. The highest BCUT2D eigenvalue weighted by Crippen LogP contribution is 2.16. The van der Waals surface area contributed by atoms with Crippen molar-refractivity contribution in [2.24, 2.45) is 0 Å². The van der Waals surface area contributed by atoms with Gasteiger partial charge in [0.15, 0.2) is 0 Å². The molecule has 0 amide bonds. The van der Waals surface area contributed by atoms with Gasteiger partial charge < -0.3 is 0 Å². The van der Waals surface area contributed by atoms with E-state index in [9.17, 15) is 14.4 Å². The molecule has 112 valence electrons. The maximum absolute atomic E-state index is 12.4. The Hall–Kier alpha value is -2.21. The molecule has 0 fully saturated rings. The molecule has 1 aromatic carbocycles. The Morgan fingerprint density at radius 1 is 1.14 bits per heavy atom. The molecular weight excluding hydrogens is 274 g/mol. The Bertz CT molecular complexity index is 669. The molecule has 6 nitrogen and oxygen atoms in total. The molecule has 6 heteroatoms. The van der Waals surface area contributed by atoms with Crippen molar-refractivity contribution in [2.45, 2.75) is 38.6 Å². The number of carbonyl (C=O) groups excluding carboxylic acids is 1. The molecule has 0 spiro atoms. The number of nitrogens with zero attached hydrogens (tertiary/aromatic N) is 1. The van der Waals surface area contributed by atoms with Gasteiger partial charge in [0.25, 0.3) is 11.1 Å². The first-order valence-electron chi connectivity index (χ1n) is 6.93. The summed E-state index contributed by atoms with van der Waals surface area (Å²) in [6, 6.07) is 5.07. The molecule has 2 bridgehead atoms. The normalized spacial score (nSPS) is 12.5. The zero-order chi connectivity index (χ0) is 15.4. The SMILES string of the molecule is CCCCCC(C(=O)OO)n1c(=O)c2ccc(cc2)c1=O. The maximum Gasteiger partial charge on any atom is 0.364 e. The van der Waals surface area contributed by atoms with Crippen LogP contribution in [0, 0.1) is 0 Å². The van der Waals surface area contributed by atoms with E-state index >= 15 is 0 Å². The zero-order valence-electron chi connectivity index (χ0n) is 11.7. The van der Waals surface area contributed by atoms with Gasteiger partial charge in [-0.2, -0.15) is 5.26 Å². The number of unbranched alkanes of at least 4 members (excludes halogenated alkanes) is 2. The van der Waals surface area contributed by atoms with Crippen molar-refractivity contribution in [1.29, 1.82) is 0 Å². The smallest absolute Gasteiger partial charge is 0.299 e. The van der Waals surface area contributed by atoms with Crippen molar-refractivity contribution in [3.8, 4) is 0 Å². The Kier molecular flexibility index (Phi) is 4.70. The largest absolute Gasteiger partial charge is 0.364 e. The highest BCUT2D eigenvalue weighted by atomic mass is 17.1. The molecule has 0 saturated heterocycles. The van der Waals surface area contributed by atoms with Gasteiger partial charge in [-0.15, -0.1) is 0 Å². The summed E-state index contributed by atoms with van der Waals surface area (Å²) in [5, 5.41) is 9.30. The summed E-state index contributed by atoms with van der Waals surface area (Å²) in [7, 11) is 0. The van der Waals surface area contributed by atoms with Crippen LogP contribution in [0.15, 0.2) is 33.9 Å². The minimum absolute atomic E-state index is 0.269. The first-order chi connectivity index (χ1) is 10.1. The molecular formula is C15H17NO5. The number of aromatic nitrogens is 1. The standard InChI is InChI=1S/C15H17NO5/c1-2-3-4-5-12(15(19)21-20)16-13(17)10-6-7-11(9-8-10)14(16)18/h6-9,12,20H,2-5H2,1H3. The first-order valence-corrected chi connectivity index (χ1v) is 6.93. The molecule has 0 aliphatic rings. The van der Waals surface area contributed by atoms with Crippen molar-refractivity contribution in [2.75, 3.05) is 0 Å². The van der Waals surface area contributed by atoms with Gasteiger partial charge in [0.1, 0.15) is 6.04 Å². The van der Waals surface area contributed by atoms with Crippen LogP contribution in [-0.4, -0.2) is 15.8 Å². The molecule has 3 aromatic rings. The predicted octanol–water partition coefficient (Wildman–Crippen LogP) is 1.94. The van der Waals surface area contributed by atoms with E-state index < -0.39 is 23.1 Å². The fourth-order valence-corrected chi connectivity index (χ4v) is 2.41. The second-order valence-electron chi connectivity index (χ2n) is 4.98. The van der Waals surface area contributed by atoms with Crippen LogP contribution in [0.4, 0.5) is 0 Å². The van der Waals surface area contributed by atoms with Crippen molar-refractivity contribution in [3.05, 3.63) is 45.0 Å². The van der Waals surface area contributed by atoms with Crippen molar-refractivity contribution in [3.63, 3.8) is 0 Å². The van der Waals surface area contributed by atoms with Crippen LogP contribution in [0.1, 0.15) is 38.6 Å². The van der Waals surface area contributed by atoms with Crippen LogP contribution in [0.3, 0.4) is 0 Å². The summed E-state index contributed by atoms with van der Waals surface area (Å²) in [5.74, 6) is -0.990. The average Bonchev–Trinajstić information content (AvgIpc) is 2.69. The van der Waals surface area contributed by atoms with Crippen LogP contribution in [-0.2, 0) is 9.68 Å². The molecule has 2 aromatic heterocycles. The van der Waals surface area contributed by atoms with Crippen LogP contribution >= 0.6 is 0 Å². The van der Waals surface area contributed by atoms with Gasteiger partial charge in [-0.25, -0.2) is 4.79 Å². The van der Waals surface area contributed by atoms with Gasteiger partial charge in [-0.3, -0.25) is 19.0 Å². The van der Waals surface area contributed by atoms with Crippen molar-refractivity contribution < 1.29 is 14.9 Å².